The van der Waals surface area contributed by atoms with E-state index in [1.807, 2.05) is 12.3 Å². The zero-order chi connectivity index (χ0) is 10.8. The number of aromatic nitrogens is 1. The number of hydrogen-bond donors (Lipinski definition) is 1. The molecule has 0 radical (unpaired) electrons. The SMILES string of the molecule is CC(C)C(N)C1CCCc2cccnc21. The first kappa shape index (κ1) is 10.6. The number of nitrogens with two attached hydrogens (primary N) is 1. The van der Waals surface area contributed by atoms with Gasteiger partial charge in [0.1, 0.15) is 0 Å². The van der Waals surface area contributed by atoms with E-state index >= 15 is 0 Å². The fraction of sp³-hybridized carbons (Fsp3) is 0.615. The molecule has 1 heterocycles. The van der Waals surface area contributed by atoms with Crippen LogP contribution in [-0.4, -0.2) is 11.0 Å². The van der Waals surface area contributed by atoms with Crippen LogP contribution in [-0.2, 0) is 6.42 Å². The second-order valence-electron chi connectivity index (χ2n) is 4.87. The van der Waals surface area contributed by atoms with Crippen LogP contribution < -0.4 is 5.73 Å². The smallest absolute Gasteiger partial charge is 0.0481 e. The summed E-state index contributed by atoms with van der Waals surface area (Å²) in [5, 5.41) is 0. The predicted octanol–water partition coefficient (Wildman–Crippen LogP) is 2.48. The fourth-order valence-electron chi connectivity index (χ4n) is 2.48. The summed E-state index contributed by atoms with van der Waals surface area (Å²) in [6.45, 7) is 4.39. The molecule has 2 N–H and O–H groups in total. The number of pyridine rings is 1. The van der Waals surface area contributed by atoms with Crippen molar-refractivity contribution in [1.29, 1.82) is 0 Å². The topological polar surface area (TPSA) is 38.9 Å². The van der Waals surface area contributed by atoms with E-state index in [1.165, 1.54) is 30.5 Å². The Labute approximate surface area is 91.9 Å². The summed E-state index contributed by atoms with van der Waals surface area (Å²) in [5.41, 5.74) is 8.93. The molecule has 1 aliphatic carbocycles. The molecule has 2 unspecified atom stereocenters. The molecule has 0 amide bonds. The van der Waals surface area contributed by atoms with Crippen LogP contribution in [0.25, 0.3) is 0 Å². The van der Waals surface area contributed by atoms with Gasteiger partial charge in [-0.2, -0.15) is 0 Å². The molecule has 2 atom stereocenters. The standard InChI is InChI=1S/C13H20N2/c1-9(2)12(14)11-7-3-5-10-6-4-8-15-13(10)11/h4,6,8-9,11-12H,3,5,7,14H2,1-2H3. The molecule has 15 heavy (non-hydrogen) atoms. The van der Waals surface area contributed by atoms with Crippen molar-refractivity contribution < 1.29 is 0 Å². The second kappa shape index (κ2) is 4.31. The zero-order valence-corrected chi connectivity index (χ0v) is 9.61. The van der Waals surface area contributed by atoms with Gasteiger partial charge >= 0.3 is 0 Å². The monoisotopic (exact) mass is 204 g/mol. The molecular weight excluding hydrogens is 184 g/mol. The van der Waals surface area contributed by atoms with Crippen molar-refractivity contribution in [2.75, 3.05) is 0 Å². The first-order valence-corrected chi connectivity index (χ1v) is 5.89. The van der Waals surface area contributed by atoms with Gasteiger partial charge in [0.05, 0.1) is 0 Å². The van der Waals surface area contributed by atoms with E-state index in [2.05, 4.69) is 24.9 Å². The summed E-state index contributed by atoms with van der Waals surface area (Å²) in [6, 6.07) is 4.47. The van der Waals surface area contributed by atoms with Gasteiger partial charge in [-0.25, -0.2) is 0 Å². The summed E-state index contributed by atoms with van der Waals surface area (Å²) in [6.07, 6.45) is 5.52. The van der Waals surface area contributed by atoms with E-state index in [0.717, 1.165) is 0 Å². The van der Waals surface area contributed by atoms with Gasteiger partial charge in [-0.3, -0.25) is 4.98 Å². The Bertz CT molecular complexity index is 333. The number of hydrogen-bond acceptors (Lipinski definition) is 2. The van der Waals surface area contributed by atoms with E-state index < -0.39 is 0 Å². The Hall–Kier alpha value is -0.890. The minimum Gasteiger partial charge on any atom is -0.327 e. The third kappa shape index (κ3) is 2.05. The van der Waals surface area contributed by atoms with Crippen molar-refractivity contribution in [3.63, 3.8) is 0 Å². The minimum absolute atomic E-state index is 0.249. The van der Waals surface area contributed by atoms with Crippen molar-refractivity contribution in [2.45, 2.75) is 45.1 Å². The highest BCUT2D eigenvalue weighted by molar-refractivity contribution is 5.27. The lowest BCUT2D eigenvalue weighted by atomic mass is 9.79. The lowest BCUT2D eigenvalue weighted by Crippen LogP contribution is -2.35. The van der Waals surface area contributed by atoms with Gasteiger partial charge in [-0.15, -0.1) is 0 Å². The van der Waals surface area contributed by atoms with E-state index in [1.54, 1.807) is 0 Å². The maximum atomic E-state index is 6.27. The number of rotatable bonds is 2. The highest BCUT2D eigenvalue weighted by Crippen LogP contribution is 2.33. The first-order valence-electron chi connectivity index (χ1n) is 5.89. The number of nitrogens with zero attached hydrogens (tertiary/aromatic N) is 1. The average molecular weight is 204 g/mol. The predicted molar refractivity (Wildman–Crippen MR) is 62.7 cm³/mol. The van der Waals surface area contributed by atoms with Gasteiger partial charge in [0, 0.05) is 23.9 Å². The third-order valence-corrected chi connectivity index (χ3v) is 3.47. The number of aryl methyl sites for hydroxylation is 1. The first-order chi connectivity index (χ1) is 7.20. The third-order valence-electron chi connectivity index (χ3n) is 3.47. The molecule has 2 heteroatoms. The van der Waals surface area contributed by atoms with Crippen LogP contribution in [0.1, 0.15) is 43.9 Å². The Kier molecular flexibility index (Phi) is 3.06. The largest absolute Gasteiger partial charge is 0.327 e. The van der Waals surface area contributed by atoms with E-state index in [-0.39, 0.29) is 6.04 Å². The second-order valence-corrected chi connectivity index (χ2v) is 4.87. The van der Waals surface area contributed by atoms with Gasteiger partial charge in [0.25, 0.3) is 0 Å². The highest BCUT2D eigenvalue weighted by atomic mass is 14.7. The van der Waals surface area contributed by atoms with Gasteiger partial charge in [0.2, 0.25) is 0 Å². The summed E-state index contributed by atoms with van der Waals surface area (Å²) in [7, 11) is 0. The Morgan fingerprint density at radius 3 is 3.00 bits per heavy atom. The summed E-state index contributed by atoms with van der Waals surface area (Å²) >= 11 is 0. The van der Waals surface area contributed by atoms with Gasteiger partial charge in [-0.05, 0) is 36.8 Å². The lowest BCUT2D eigenvalue weighted by molar-refractivity contribution is 0.373. The van der Waals surface area contributed by atoms with Crippen LogP contribution in [0.2, 0.25) is 0 Å². The van der Waals surface area contributed by atoms with Crippen LogP contribution in [0.5, 0.6) is 0 Å². The van der Waals surface area contributed by atoms with Gasteiger partial charge < -0.3 is 5.73 Å². The Morgan fingerprint density at radius 2 is 2.27 bits per heavy atom. The molecule has 0 saturated heterocycles. The molecule has 1 aromatic rings. The normalized spacial score (nSPS) is 22.5. The molecule has 1 aromatic heterocycles. The van der Waals surface area contributed by atoms with Crippen LogP contribution in [0.3, 0.4) is 0 Å². The quantitative estimate of drug-likeness (QED) is 0.803. The summed E-state index contributed by atoms with van der Waals surface area (Å²) in [4.78, 5) is 4.52. The zero-order valence-electron chi connectivity index (χ0n) is 9.61. The van der Waals surface area contributed by atoms with Crippen LogP contribution >= 0.6 is 0 Å². The molecule has 0 saturated carbocycles. The summed E-state index contributed by atoms with van der Waals surface area (Å²) < 4.78 is 0. The molecule has 0 bridgehead atoms. The van der Waals surface area contributed by atoms with E-state index in [4.69, 9.17) is 5.73 Å². The highest BCUT2D eigenvalue weighted by Gasteiger charge is 2.28. The van der Waals surface area contributed by atoms with Crippen LogP contribution in [0.15, 0.2) is 18.3 Å². The minimum atomic E-state index is 0.249. The molecule has 0 aliphatic heterocycles. The molecule has 0 spiro atoms. The van der Waals surface area contributed by atoms with Gasteiger partial charge in [0.15, 0.2) is 0 Å². The molecule has 82 valence electrons. The molecular formula is C13H20N2. The Balaban J connectivity index is 2.29. The van der Waals surface area contributed by atoms with Gasteiger partial charge in [-0.1, -0.05) is 19.9 Å². The molecule has 0 aromatic carbocycles. The van der Waals surface area contributed by atoms with Crippen molar-refractivity contribution in [3.8, 4) is 0 Å². The maximum absolute atomic E-state index is 6.27. The van der Waals surface area contributed by atoms with Crippen LogP contribution in [0, 0.1) is 5.92 Å². The number of fused-ring (bicyclic) bond motifs is 1. The van der Waals surface area contributed by atoms with Crippen molar-refractivity contribution >= 4 is 0 Å². The molecule has 2 nitrogen and oxygen atoms in total. The molecule has 1 aliphatic rings. The van der Waals surface area contributed by atoms with Crippen molar-refractivity contribution in [2.24, 2.45) is 11.7 Å². The average Bonchev–Trinajstić information content (AvgIpc) is 2.27. The fourth-order valence-corrected chi connectivity index (χ4v) is 2.48. The molecule has 0 fully saturated rings. The Morgan fingerprint density at radius 1 is 1.47 bits per heavy atom. The summed E-state index contributed by atoms with van der Waals surface area (Å²) in [5.74, 6) is 0.998. The van der Waals surface area contributed by atoms with E-state index in [0.29, 0.717) is 11.8 Å². The van der Waals surface area contributed by atoms with Crippen molar-refractivity contribution in [3.05, 3.63) is 29.6 Å². The van der Waals surface area contributed by atoms with E-state index in [9.17, 15) is 0 Å². The molecule has 2 rings (SSSR count). The maximum Gasteiger partial charge on any atom is 0.0481 e. The van der Waals surface area contributed by atoms with Crippen LogP contribution in [0.4, 0.5) is 0 Å². The lowest BCUT2D eigenvalue weighted by Gasteiger charge is -2.31. The van der Waals surface area contributed by atoms with Crippen molar-refractivity contribution in [1.82, 2.24) is 4.98 Å².